The van der Waals surface area contributed by atoms with Crippen LogP contribution in [0.3, 0.4) is 0 Å². The predicted molar refractivity (Wildman–Crippen MR) is 274 cm³/mol. The third-order valence-electron chi connectivity index (χ3n) is 11.4. The van der Waals surface area contributed by atoms with E-state index in [1.807, 2.05) is 0 Å². The molecule has 0 heterocycles. The largest absolute Gasteiger partial charge is 0.462 e. The van der Waals surface area contributed by atoms with Crippen LogP contribution < -0.4 is 0 Å². The van der Waals surface area contributed by atoms with Crippen molar-refractivity contribution in [2.24, 2.45) is 0 Å². The quantitative estimate of drug-likeness (QED) is 0.0262. The van der Waals surface area contributed by atoms with Crippen molar-refractivity contribution in [3.8, 4) is 0 Å². The highest BCUT2D eigenvalue weighted by Crippen LogP contribution is 2.14. The van der Waals surface area contributed by atoms with Gasteiger partial charge in [0, 0.05) is 19.3 Å². The minimum absolute atomic E-state index is 0.101. The van der Waals surface area contributed by atoms with Gasteiger partial charge in [-0.3, -0.25) is 14.4 Å². The lowest BCUT2D eigenvalue weighted by molar-refractivity contribution is -0.167. The lowest BCUT2D eigenvalue weighted by atomic mass is 10.0. The summed E-state index contributed by atoms with van der Waals surface area (Å²) in [5.41, 5.74) is 0. The first kappa shape index (κ1) is 60.9. The fraction of sp³-hybridized carbons (Fsp3) is 0.741. The lowest BCUT2D eigenvalue weighted by Crippen LogP contribution is -2.30. The van der Waals surface area contributed by atoms with Crippen molar-refractivity contribution in [3.05, 3.63) is 72.9 Å². The maximum atomic E-state index is 12.8. The molecule has 0 aliphatic rings. The second-order valence-corrected chi connectivity index (χ2v) is 17.8. The van der Waals surface area contributed by atoms with E-state index in [0.717, 1.165) is 83.5 Å². The van der Waals surface area contributed by atoms with E-state index in [9.17, 15) is 14.4 Å². The molecule has 1 atom stereocenters. The van der Waals surface area contributed by atoms with E-state index in [1.165, 1.54) is 128 Å². The number of allylic oxidation sites excluding steroid dienone is 12. The molecule has 0 aromatic heterocycles. The summed E-state index contributed by atoms with van der Waals surface area (Å²) < 4.78 is 16.8. The van der Waals surface area contributed by atoms with Crippen LogP contribution >= 0.6 is 0 Å². The molecule has 64 heavy (non-hydrogen) atoms. The van der Waals surface area contributed by atoms with Crippen LogP contribution in [0, 0.1) is 0 Å². The Balaban J connectivity index is 4.49. The Morgan fingerprint density at radius 1 is 0.312 bits per heavy atom. The Hall–Kier alpha value is -3.15. The van der Waals surface area contributed by atoms with E-state index >= 15 is 0 Å². The van der Waals surface area contributed by atoms with E-state index in [-0.39, 0.29) is 37.5 Å². The van der Waals surface area contributed by atoms with Gasteiger partial charge < -0.3 is 14.2 Å². The van der Waals surface area contributed by atoms with Gasteiger partial charge in [-0.25, -0.2) is 0 Å². The summed E-state index contributed by atoms with van der Waals surface area (Å²) >= 11 is 0. The molecular formula is C58H100O6. The molecule has 0 spiro atoms. The Morgan fingerprint density at radius 3 is 0.953 bits per heavy atom. The molecule has 0 aromatic rings. The highest BCUT2D eigenvalue weighted by atomic mass is 16.6. The van der Waals surface area contributed by atoms with Crippen molar-refractivity contribution >= 4 is 17.9 Å². The Kier molecular flexibility index (Phi) is 49.9. The Bertz CT molecular complexity index is 1210. The zero-order valence-corrected chi connectivity index (χ0v) is 42.0. The van der Waals surface area contributed by atoms with Crippen LogP contribution in [0.15, 0.2) is 72.9 Å². The molecule has 0 saturated heterocycles. The molecular weight excluding hydrogens is 793 g/mol. The maximum absolute atomic E-state index is 12.8. The van der Waals surface area contributed by atoms with Crippen molar-refractivity contribution in [2.75, 3.05) is 13.2 Å². The third-order valence-corrected chi connectivity index (χ3v) is 11.4. The van der Waals surface area contributed by atoms with Gasteiger partial charge in [-0.2, -0.15) is 0 Å². The molecule has 6 heteroatoms. The van der Waals surface area contributed by atoms with Gasteiger partial charge in [0.05, 0.1) is 0 Å². The second kappa shape index (κ2) is 52.5. The highest BCUT2D eigenvalue weighted by Gasteiger charge is 2.19. The molecule has 0 saturated carbocycles. The van der Waals surface area contributed by atoms with Gasteiger partial charge in [-0.1, -0.05) is 222 Å². The fourth-order valence-corrected chi connectivity index (χ4v) is 7.35. The summed E-state index contributed by atoms with van der Waals surface area (Å²) in [6, 6.07) is 0. The molecule has 6 nitrogen and oxygen atoms in total. The van der Waals surface area contributed by atoms with Crippen LogP contribution in [0.2, 0.25) is 0 Å². The van der Waals surface area contributed by atoms with Crippen LogP contribution in [0.1, 0.15) is 258 Å². The minimum atomic E-state index is -0.809. The minimum Gasteiger partial charge on any atom is -0.462 e. The van der Waals surface area contributed by atoms with E-state index in [4.69, 9.17) is 14.2 Å². The number of carbonyl (C=O) groups excluding carboxylic acids is 3. The van der Waals surface area contributed by atoms with E-state index in [2.05, 4.69) is 93.7 Å². The predicted octanol–water partition coefficient (Wildman–Crippen LogP) is 17.8. The molecule has 0 amide bonds. The smallest absolute Gasteiger partial charge is 0.306 e. The van der Waals surface area contributed by atoms with Gasteiger partial charge in [-0.05, 0) is 89.9 Å². The van der Waals surface area contributed by atoms with E-state index < -0.39 is 6.10 Å². The Morgan fingerprint density at radius 2 is 0.578 bits per heavy atom. The van der Waals surface area contributed by atoms with Gasteiger partial charge >= 0.3 is 17.9 Å². The summed E-state index contributed by atoms with van der Waals surface area (Å²) in [6.07, 6.45) is 66.0. The molecule has 0 aromatic carbocycles. The van der Waals surface area contributed by atoms with Crippen molar-refractivity contribution in [1.29, 1.82) is 0 Å². The molecule has 0 bridgehead atoms. The van der Waals surface area contributed by atoms with E-state index in [1.54, 1.807) is 0 Å². The fourth-order valence-electron chi connectivity index (χ4n) is 7.35. The number of ether oxygens (including phenoxy) is 3. The average molecular weight is 893 g/mol. The second-order valence-electron chi connectivity index (χ2n) is 17.8. The van der Waals surface area contributed by atoms with Crippen molar-refractivity contribution in [1.82, 2.24) is 0 Å². The summed E-state index contributed by atoms with van der Waals surface area (Å²) in [6.45, 7) is 6.54. The van der Waals surface area contributed by atoms with Gasteiger partial charge in [0.2, 0.25) is 0 Å². The topological polar surface area (TPSA) is 78.9 Å². The van der Waals surface area contributed by atoms with Gasteiger partial charge in [0.25, 0.3) is 0 Å². The third kappa shape index (κ3) is 49.9. The Labute approximate surface area is 395 Å². The van der Waals surface area contributed by atoms with Crippen LogP contribution in [0.5, 0.6) is 0 Å². The molecule has 0 fully saturated rings. The monoisotopic (exact) mass is 893 g/mol. The summed E-state index contributed by atoms with van der Waals surface area (Å²) in [7, 11) is 0. The maximum Gasteiger partial charge on any atom is 0.306 e. The van der Waals surface area contributed by atoms with Gasteiger partial charge in [-0.15, -0.1) is 0 Å². The van der Waals surface area contributed by atoms with Gasteiger partial charge in [0.1, 0.15) is 13.2 Å². The zero-order valence-electron chi connectivity index (χ0n) is 42.0. The van der Waals surface area contributed by atoms with Gasteiger partial charge in [0.15, 0.2) is 6.10 Å². The molecule has 0 aliphatic carbocycles. The number of hydrogen-bond acceptors (Lipinski definition) is 6. The highest BCUT2D eigenvalue weighted by molar-refractivity contribution is 5.71. The summed E-state index contributed by atoms with van der Waals surface area (Å²) in [5, 5.41) is 0. The number of esters is 3. The van der Waals surface area contributed by atoms with Crippen molar-refractivity contribution < 1.29 is 28.6 Å². The van der Waals surface area contributed by atoms with Crippen LogP contribution in [0.4, 0.5) is 0 Å². The van der Waals surface area contributed by atoms with Crippen LogP contribution in [-0.4, -0.2) is 37.2 Å². The van der Waals surface area contributed by atoms with Crippen molar-refractivity contribution in [3.63, 3.8) is 0 Å². The van der Waals surface area contributed by atoms with Crippen LogP contribution in [-0.2, 0) is 28.6 Å². The molecule has 0 N–H and O–H groups in total. The number of carbonyl (C=O) groups is 3. The molecule has 0 unspecified atom stereocenters. The molecule has 368 valence electrons. The number of unbranched alkanes of at least 4 members (excludes halogenated alkanes) is 25. The first-order valence-electron chi connectivity index (χ1n) is 26.9. The molecule has 0 aliphatic heterocycles. The van der Waals surface area contributed by atoms with Crippen molar-refractivity contribution in [2.45, 2.75) is 264 Å². The normalized spacial score (nSPS) is 12.6. The molecule has 0 radical (unpaired) electrons. The zero-order chi connectivity index (χ0) is 46.5. The summed E-state index contributed by atoms with van der Waals surface area (Å²) in [4.78, 5) is 38.0. The lowest BCUT2D eigenvalue weighted by Gasteiger charge is -2.18. The SMILES string of the molecule is CCCCC/C=C\C/C=C\C/C=C\CCCCCCC(=O)OC[C@H](COC(=O)CCCCCCCCCCCCCC)OC(=O)CCC/C=C\C/C=C\C/C=C\CCCCCCCC. The summed E-state index contributed by atoms with van der Waals surface area (Å²) in [5.74, 6) is -0.973. The number of rotatable bonds is 48. The van der Waals surface area contributed by atoms with Crippen LogP contribution in [0.25, 0.3) is 0 Å². The first-order chi connectivity index (χ1) is 31.5. The average Bonchev–Trinajstić information content (AvgIpc) is 3.29. The first-order valence-corrected chi connectivity index (χ1v) is 26.9. The standard InChI is InChI=1S/C58H100O6/c1-4-7-10-13-16-19-22-25-27-29-31-33-36-39-42-45-48-51-57(60)63-54-55(53-62-56(59)50-47-44-41-38-35-24-21-18-15-12-9-6-3)64-58(61)52-49-46-43-40-37-34-32-30-28-26-23-20-17-14-11-8-5-2/h16,19,25-28,31-34,40,43,55H,4-15,17-18,20-24,29-30,35-39,41-42,44-54H2,1-3H3/b19-16-,27-25-,28-26-,33-31-,34-32-,43-40-/t55-/m0/s1. The number of hydrogen-bond donors (Lipinski definition) is 0. The molecule has 0 rings (SSSR count). The van der Waals surface area contributed by atoms with E-state index in [0.29, 0.717) is 19.3 Å².